The van der Waals surface area contributed by atoms with Crippen LogP contribution in [0.2, 0.25) is 0 Å². The first kappa shape index (κ1) is 7.53. The van der Waals surface area contributed by atoms with Gasteiger partial charge in [0.1, 0.15) is 0 Å². The van der Waals surface area contributed by atoms with Gasteiger partial charge in [-0.05, 0) is 6.08 Å². The van der Waals surface area contributed by atoms with Crippen LogP contribution in [0.4, 0.5) is 0 Å². The monoisotopic (exact) mass is 145 g/mol. The first-order chi connectivity index (χ1) is 5.29. The second-order valence-corrected chi connectivity index (χ2v) is 2.30. The molecule has 1 rings (SSSR count). The van der Waals surface area contributed by atoms with Crippen LogP contribution < -0.4 is 5.73 Å². The number of nitrogens with two attached hydrogens (primary N) is 1. The van der Waals surface area contributed by atoms with Crippen molar-refractivity contribution in [3.63, 3.8) is 0 Å². The molecule has 0 aromatic carbocycles. The normalized spacial score (nSPS) is 28.5. The molecule has 2 N–H and O–H groups in total. The molecular weight excluding hydrogens is 138 g/mol. The highest BCUT2D eigenvalue weighted by Gasteiger charge is 2.20. The van der Waals surface area contributed by atoms with Gasteiger partial charge in [0.2, 0.25) is 0 Å². The molecule has 0 saturated carbocycles. The minimum absolute atomic E-state index is 0.352. The summed E-state index contributed by atoms with van der Waals surface area (Å²) in [7, 11) is 0. The topological polar surface area (TPSA) is 73.6 Å². The zero-order valence-corrected chi connectivity index (χ0v) is 5.86. The summed E-state index contributed by atoms with van der Waals surface area (Å²) >= 11 is 0. The fourth-order valence-electron chi connectivity index (χ4n) is 0.938. The van der Waals surface area contributed by atoms with E-state index in [9.17, 15) is 0 Å². The molecule has 1 aliphatic carbocycles. The average molecular weight is 145 g/mol. The van der Waals surface area contributed by atoms with E-state index >= 15 is 0 Å². The van der Waals surface area contributed by atoms with E-state index in [4.69, 9.17) is 16.3 Å². The van der Waals surface area contributed by atoms with Crippen LogP contribution in [0.5, 0.6) is 0 Å². The summed E-state index contributed by atoms with van der Waals surface area (Å²) in [5.41, 5.74) is 6.05. The highest BCUT2D eigenvalue weighted by atomic mass is 14.7. The van der Waals surface area contributed by atoms with E-state index in [-0.39, 0.29) is 5.92 Å². The van der Waals surface area contributed by atoms with E-state index in [0.29, 0.717) is 5.57 Å². The minimum atomic E-state index is -0.449. The first-order valence-corrected chi connectivity index (χ1v) is 3.23. The molecular formula is C8H7N3. The van der Waals surface area contributed by atoms with Gasteiger partial charge in [0.15, 0.2) is 0 Å². The second kappa shape index (κ2) is 3.01. The largest absolute Gasteiger partial charge is 0.322 e. The van der Waals surface area contributed by atoms with Crippen molar-refractivity contribution in [2.24, 2.45) is 11.7 Å². The summed E-state index contributed by atoms with van der Waals surface area (Å²) in [6.45, 7) is 0. The van der Waals surface area contributed by atoms with Gasteiger partial charge in [0.05, 0.1) is 24.1 Å². The lowest BCUT2D eigenvalue weighted by atomic mass is 9.91. The van der Waals surface area contributed by atoms with Crippen LogP contribution in [0.15, 0.2) is 23.8 Å². The van der Waals surface area contributed by atoms with Gasteiger partial charge in [-0.15, -0.1) is 0 Å². The van der Waals surface area contributed by atoms with E-state index in [1.807, 2.05) is 12.1 Å². The first-order valence-electron chi connectivity index (χ1n) is 3.23. The Hall–Kier alpha value is -1.58. The van der Waals surface area contributed by atoms with E-state index in [1.54, 1.807) is 18.2 Å². The third kappa shape index (κ3) is 1.29. The molecule has 0 heterocycles. The molecule has 0 radical (unpaired) electrons. The Labute approximate surface area is 65.0 Å². The molecule has 3 nitrogen and oxygen atoms in total. The lowest BCUT2D eigenvalue weighted by molar-refractivity contribution is 0.676. The smallest absolute Gasteiger partial charge is 0.0964 e. The maximum Gasteiger partial charge on any atom is 0.0964 e. The molecule has 0 aromatic heterocycles. The molecule has 3 heteroatoms. The SMILES string of the molecule is N#CC1=CC=CC(C#N)C1N. The van der Waals surface area contributed by atoms with Crippen LogP contribution in [-0.2, 0) is 0 Å². The van der Waals surface area contributed by atoms with Gasteiger partial charge in [0, 0.05) is 5.57 Å². The van der Waals surface area contributed by atoms with Gasteiger partial charge in [-0.25, -0.2) is 0 Å². The van der Waals surface area contributed by atoms with Crippen molar-refractivity contribution < 1.29 is 0 Å². The highest BCUT2D eigenvalue weighted by molar-refractivity contribution is 5.37. The molecule has 0 fully saturated rings. The van der Waals surface area contributed by atoms with Crippen LogP contribution in [0.3, 0.4) is 0 Å². The molecule has 0 aromatic rings. The minimum Gasteiger partial charge on any atom is -0.322 e. The molecule has 2 unspecified atom stereocenters. The van der Waals surface area contributed by atoms with Crippen molar-refractivity contribution in [3.8, 4) is 12.1 Å². The Morgan fingerprint density at radius 1 is 1.45 bits per heavy atom. The molecule has 2 atom stereocenters. The van der Waals surface area contributed by atoms with Crippen molar-refractivity contribution in [3.05, 3.63) is 23.8 Å². The molecule has 11 heavy (non-hydrogen) atoms. The van der Waals surface area contributed by atoms with Crippen LogP contribution in [-0.4, -0.2) is 6.04 Å². The van der Waals surface area contributed by atoms with Crippen LogP contribution in [0.25, 0.3) is 0 Å². The Kier molecular flexibility index (Phi) is 2.06. The number of hydrogen-bond donors (Lipinski definition) is 1. The molecule has 0 amide bonds. The average Bonchev–Trinajstić information content (AvgIpc) is 2.05. The fourth-order valence-corrected chi connectivity index (χ4v) is 0.938. The summed E-state index contributed by atoms with van der Waals surface area (Å²) in [6.07, 6.45) is 5.03. The maximum atomic E-state index is 8.56. The van der Waals surface area contributed by atoms with Crippen molar-refractivity contribution in [1.29, 1.82) is 10.5 Å². The Morgan fingerprint density at radius 3 is 2.73 bits per heavy atom. The zero-order valence-electron chi connectivity index (χ0n) is 5.86. The van der Waals surface area contributed by atoms with E-state index < -0.39 is 6.04 Å². The number of nitriles is 2. The fraction of sp³-hybridized carbons (Fsp3) is 0.250. The van der Waals surface area contributed by atoms with Gasteiger partial charge >= 0.3 is 0 Å². The highest BCUT2D eigenvalue weighted by Crippen LogP contribution is 2.15. The molecule has 0 bridgehead atoms. The van der Waals surface area contributed by atoms with Crippen LogP contribution >= 0.6 is 0 Å². The predicted octanol–water partition coefficient (Wildman–Crippen LogP) is 0.473. The van der Waals surface area contributed by atoms with Crippen LogP contribution in [0, 0.1) is 28.6 Å². The standard InChI is InChI=1S/C8H7N3/c9-4-6-2-1-3-7(5-10)8(6)11/h1-3,6,8H,11H2. The van der Waals surface area contributed by atoms with Crippen LogP contribution in [0.1, 0.15) is 0 Å². The Morgan fingerprint density at radius 2 is 2.18 bits per heavy atom. The van der Waals surface area contributed by atoms with Crippen molar-refractivity contribution in [2.45, 2.75) is 6.04 Å². The van der Waals surface area contributed by atoms with Crippen molar-refractivity contribution in [1.82, 2.24) is 0 Å². The molecule has 0 spiro atoms. The van der Waals surface area contributed by atoms with Crippen molar-refractivity contribution in [2.75, 3.05) is 0 Å². The molecule has 0 aliphatic heterocycles. The van der Waals surface area contributed by atoms with Gasteiger partial charge in [-0.3, -0.25) is 0 Å². The van der Waals surface area contributed by atoms with E-state index in [1.165, 1.54) is 0 Å². The number of hydrogen-bond acceptors (Lipinski definition) is 3. The molecule has 1 aliphatic rings. The lowest BCUT2D eigenvalue weighted by Gasteiger charge is -2.15. The number of nitrogens with zero attached hydrogens (tertiary/aromatic N) is 2. The number of rotatable bonds is 0. The zero-order chi connectivity index (χ0) is 8.27. The third-order valence-electron chi connectivity index (χ3n) is 1.62. The number of allylic oxidation sites excluding steroid dienone is 2. The summed E-state index contributed by atoms with van der Waals surface area (Å²) in [4.78, 5) is 0. The lowest BCUT2D eigenvalue weighted by Crippen LogP contribution is -2.31. The molecule has 54 valence electrons. The van der Waals surface area contributed by atoms with Crippen molar-refractivity contribution >= 4 is 0 Å². The van der Waals surface area contributed by atoms with Gasteiger partial charge < -0.3 is 5.73 Å². The van der Waals surface area contributed by atoms with Gasteiger partial charge in [-0.1, -0.05) is 12.2 Å². The summed E-state index contributed by atoms with van der Waals surface area (Å²) in [6, 6.07) is 3.52. The van der Waals surface area contributed by atoms with Gasteiger partial charge in [-0.2, -0.15) is 10.5 Å². The summed E-state index contributed by atoms with van der Waals surface area (Å²) in [5, 5.41) is 17.1. The second-order valence-electron chi connectivity index (χ2n) is 2.30. The molecule has 0 saturated heterocycles. The van der Waals surface area contributed by atoms with E-state index in [2.05, 4.69) is 0 Å². The van der Waals surface area contributed by atoms with E-state index in [0.717, 1.165) is 0 Å². The predicted molar refractivity (Wildman–Crippen MR) is 39.9 cm³/mol. The summed E-state index contributed by atoms with van der Waals surface area (Å²) < 4.78 is 0. The maximum absolute atomic E-state index is 8.56. The Bertz CT molecular complexity index is 287. The summed E-state index contributed by atoms with van der Waals surface area (Å²) in [5.74, 6) is -0.352. The van der Waals surface area contributed by atoms with Gasteiger partial charge in [0.25, 0.3) is 0 Å². The third-order valence-corrected chi connectivity index (χ3v) is 1.62. The quantitative estimate of drug-likeness (QED) is 0.538. The Balaban J connectivity index is 2.90.